The number of hydrogen-bond donors (Lipinski definition) is 1. The number of alkyl halides is 3. The minimum absolute atomic E-state index is 0.215. The lowest BCUT2D eigenvalue weighted by molar-refractivity contribution is -0.274. The summed E-state index contributed by atoms with van der Waals surface area (Å²) in [5.74, 6) is 1.02. The number of hydrogen-bond acceptors (Lipinski definition) is 8. The van der Waals surface area contributed by atoms with E-state index in [-0.39, 0.29) is 17.5 Å². The summed E-state index contributed by atoms with van der Waals surface area (Å²) in [5.41, 5.74) is 2.91. The number of nitrogens with zero attached hydrogens (tertiary/aromatic N) is 6. The Balaban J connectivity index is 1.09. The van der Waals surface area contributed by atoms with E-state index in [0.29, 0.717) is 35.9 Å². The second-order valence-electron chi connectivity index (χ2n) is 10.2. The number of rotatable bonds is 7. The largest absolute Gasteiger partial charge is 0.573 e. The van der Waals surface area contributed by atoms with Gasteiger partial charge in [-0.3, -0.25) is 4.68 Å². The van der Waals surface area contributed by atoms with Crippen molar-refractivity contribution in [2.45, 2.75) is 63.6 Å². The Morgan fingerprint density at radius 1 is 1.08 bits per heavy atom. The van der Waals surface area contributed by atoms with E-state index >= 15 is 0 Å². The molecule has 2 aliphatic rings. The molecule has 1 aromatic carbocycles. The molecule has 2 unspecified atom stereocenters. The number of aromatic nitrogens is 5. The zero-order valence-corrected chi connectivity index (χ0v) is 21.5. The molecule has 1 N–H and O–H groups in total. The molecule has 3 aromatic heterocycles. The summed E-state index contributed by atoms with van der Waals surface area (Å²) in [6.45, 7) is 2.46. The van der Waals surface area contributed by atoms with Gasteiger partial charge in [-0.15, -0.1) is 13.2 Å². The minimum atomic E-state index is -4.75. The maximum absolute atomic E-state index is 12.4. The summed E-state index contributed by atoms with van der Waals surface area (Å²) in [6, 6.07) is 13.0. The molecule has 0 saturated carbocycles. The number of anilines is 1. The molecule has 0 aliphatic carbocycles. The molecular weight excluding hydrogens is 511 g/mol. The molecule has 2 aliphatic heterocycles. The molecule has 0 radical (unpaired) electrons. The second kappa shape index (κ2) is 9.99. The van der Waals surface area contributed by atoms with E-state index in [0.717, 1.165) is 29.9 Å². The Morgan fingerprint density at radius 3 is 2.49 bits per heavy atom. The van der Waals surface area contributed by atoms with Crippen molar-refractivity contribution in [3.8, 4) is 28.7 Å². The van der Waals surface area contributed by atoms with Gasteiger partial charge in [0.2, 0.25) is 5.82 Å². The van der Waals surface area contributed by atoms with Gasteiger partial charge in [0.25, 0.3) is 5.89 Å². The number of pyridine rings is 1. The lowest BCUT2D eigenvalue weighted by Crippen LogP contribution is -2.44. The summed E-state index contributed by atoms with van der Waals surface area (Å²) in [7, 11) is 2.24. The van der Waals surface area contributed by atoms with E-state index in [4.69, 9.17) is 4.52 Å². The first kappa shape index (κ1) is 25.4. The van der Waals surface area contributed by atoms with E-state index < -0.39 is 6.36 Å². The van der Waals surface area contributed by atoms with Crippen LogP contribution in [0.1, 0.15) is 36.9 Å². The fourth-order valence-corrected chi connectivity index (χ4v) is 5.54. The second-order valence-corrected chi connectivity index (χ2v) is 10.2. The van der Waals surface area contributed by atoms with Gasteiger partial charge in [-0.05, 0) is 81.6 Å². The van der Waals surface area contributed by atoms with Crippen molar-refractivity contribution in [3.05, 3.63) is 59.9 Å². The van der Waals surface area contributed by atoms with Crippen LogP contribution in [0.2, 0.25) is 0 Å². The summed E-state index contributed by atoms with van der Waals surface area (Å²) >= 11 is 0. The predicted molar refractivity (Wildman–Crippen MR) is 137 cm³/mol. The third kappa shape index (κ3) is 5.60. The number of ether oxygens (including phenoxy) is 1. The molecule has 6 rings (SSSR count). The van der Waals surface area contributed by atoms with Crippen LogP contribution in [0.15, 0.2) is 53.2 Å². The highest BCUT2D eigenvalue weighted by molar-refractivity contribution is 5.59. The van der Waals surface area contributed by atoms with Gasteiger partial charge in [-0.2, -0.15) is 10.1 Å². The van der Waals surface area contributed by atoms with E-state index in [1.54, 1.807) is 0 Å². The van der Waals surface area contributed by atoms with Crippen LogP contribution in [-0.4, -0.2) is 61.3 Å². The van der Waals surface area contributed by atoms with Crippen LogP contribution in [0.3, 0.4) is 0 Å². The Bertz CT molecular complexity index is 1420. The lowest BCUT2D eigenvalue weighted by atomic mass is 9.98. The van der Waals surface area contributed by atoms with Gasteiger partial charge >= 0.3 is 6.36 Å². The third-order valence-corrected chi connectivity index (χ3v) is 7.58. The van der Waals surface area contributed by atoms with E-state index in [9.17, 15) is 13.2 Å². The molecule has 5 heterocycles. The van der Waals surface area contributed by atoms with Gasteiger partial charge in [0.05, 0.1) is 6.54 Å². The van der Waals surface area contributed by atoms with Crippen molar-refractivity contribution in [2.75, 3.05) is 12.4 Å². The van der Waals surface area contributed by atoms with Crippen LogP contribution >= 0.6 is 0 Å². The number of nitrogens with one attached hydrogen (secondary N) is 1. The Morgan fingerprint density at radius 2 is 1.82 bits per heavy atom. The normalized spacial score (nSPS) is 21.3. The molecular formula is C27H28F3N7O2. The monoisotopic (exact) mass is 539 g/mol. The van der Waals surface area contributed by atoms with Gasteiger partial charge < -0.3 is 19.5 Å². The molecule has 2 bridgehead atoms. The van der Waals surface area contributed by atoms with Crippen molar-refractivity contribution in [3.63, 3.8) is 0 Å². The summed E-state index contributed by atoms with van der Waals surface area (Å²) in [4.78, 5) is 11.5. The average Bonchev–Trinajstić information content (AvgIpc) is 3.56. The fraction of sp³-hybridized carbons (Fsp3) is 0.407. The SMILES string of the molecule is Cc1cc(-c2nc(-c3ccc(OC(F)(F)F)cc3)no2)nn1Cc1ccc(NC2CC3CCC(C2)N3C)nc1. The molecule has 2 saturated heterocycles. The summed E-state index contributed by atoms with van der Waals surface area (Å²) in [6.07, 6.45) is 2.00. The molecule has 0 spiro atoms. The summed E-state index contributed by atoms with van der Waals surface area (Å²) < 4.78 is 48.3. The maximum Gasteiger partial charge on any atom is 0.573 e. The fourth-order valence-electron chi connectivity index (χ4n) is 5.54. The van der Waals surface area contributed by atoms with Crippen LogP contribution < -0.4 is 10.1 Å². The average molecular weight is 540 g/mol. The Kier molecular flexibility index (Phi) is 6.49. The first-order valence-corrected chi connectivity index (χ1v) is 12.9. The number of fused-ring (bicyclic) bond motifs is 2. The highest BCUT2D eigenvalue weighted by atomic mass is 19.4. The van der Waals surface area contributed by atoms with Crippen molar-refractivity contribution in [2.24, 2.45) is 0 Å². The molecule has 9 nitrogen and oxygen atoms in total. The number of halogens is 3. The third-order valence-electron chi connectivity index (χ3n) is 7.58. The zero-order valence-electron chi connectivity index (χ0n) is 21.5. The molecule has 12 heteroatoms. The molecule has 4 aromatic rings. The minimum Gasteiger partial charge on any atom is -0.406 e. The standard InChI is InChI=1S/C27H28F3N7O2/c1-16-11-23(26-33-25(35-39-26)18-4-8-22(9-5-18)38-27(28,29)30)34-37(16)15-17-3-10-24(31-14-17)32-19-12-20-6-7-21(13-19)36(20)2/h3-5,8-11,14,19-21H,6-7,12-13,15H2,1-2H3,(H,31,32). The van der Waals surface area contributed by atoms with Gasteiger partial charge in [0.15, 0.2) is 5.69 Å². The van der Waals surface area contributed by atoms with Gasteiger partial charge in [0.1, 0.15) is 11.6 Å². The first-order valence-electron chi connectivity index (χ1n) is 12.9. The Hall–Kier alpha value is -3.93. The smallest absolute Gasteiger partial charge is 0.406 e. The maximum atomic E-state index is 12.4. The lowest BCUT2D eigenvalue weighted by Gasteiger charge is -2.36. The molecule has 39 heavy (non-hydrogen) atoms. The van der Waals surface area contributed by atoms with E-state index in [1.807, 2.05) is 29.9 Å². The van der Waals surface area contributed by atoms with Crippen LogP contribution in [0.5, 0.6) is 5.75 Å². The molecule has 204 valence electrons. The number of piperidine rings is 1. The van der Waals surface area contributed by atoms with Crippen molar-refractivity contribution >= 4 is 5.82 Å². The van der Waals surface area contributed by atoms with Crippen LogP contribution in [0.4, 0.5) is 19.0 Å². The first-order chi connectivity index (χ1) is 18.7. The zero-order chi connectivity index (χ0) is 27.1. The predicted octanol–water partition coefficient (Wildman–Crippen LogP) is 5.29. The molecule has 2 atom stereocenters. The van der Waals surface area contributed by atoms with Gasteiger partial charge in [-0.1, -0.05) is 11.2 Å². The highest BCUT2D eigenvalue weighted by Crippen LogP contribution is 2.35. The topological polar surface area (TPSA) is 94.1 Å². The quantitative estimate of drug-likeness (QED) is 0.339. The Labute approximate surface area is 223 Å². The van der Waals surface area contributed by atoms with Crippen molar-refractivity contribution < 1.29 is 22.4 Å². The van der Waals surface area contributed by atoms with Gasteiger partial charge in [0, 0.05) is 35.6 Å². The molecule has 2 fully saturated rings. The van der Waals surface area contributed by atoms with Crippen molar-refractivity contribution in [1.82, 2.24) is 29.8 Å². The van der Waals surface area contributed by atoms with Crippen molar-refractivity contribution in [1.29, 1.82) is 0 Å². The van der Waals surface area contributed by atoms with Crippen LogP contribution in [0.25, 0.3) is 23.0 Å². The van der Waals surface area contributed by atoms with E-state index in [2.05, 4.69) is 48.3 Å². The molecule has 0 amide bonds. The highest BCUT2D eigenvalue weighted by Gasteiger charge is 2.38. The van der Waals surface area contributed by atoms with Crippen LogP contribution in [0, 0.1) is 6.92 Å². The number of aryl methyl sites for hydroxylation is 1. The summed E-state index contributed by atoms with van der Waals surface area (Å²) in [5, 5.41) is 12.2. The number of benzene rings is 1. The van der Waals surface area contributed by atoms with Gasteiger partial charge in [-0.25, -0.2) is 4.98 Å². The van der Waals surface area contributed by atoms with Crippen LogP contribution in [-0.2, 0) is 6.54 Å². The van der Waals surface area contributed by atoms with E-state index in [1.165, 1.54) is 37.1 Å².